The van der Waals surface area contributed by atoms with Gasteiger partial charge in [0.15, 0.2) is 6.61 Å². The number of ketones is 1. The van der Waals surface area contributed by atoms with Gasteiger partial charge in [-0.15, -0.1) is 11.3 Å². The average Bonchev–Trinajstić information content (AvgIpc) is 3.37. The van der Waals surface area contributed by atoms with Crippen LogP contribution in [0.4, 0.5) is 0 Å². The van der Waals surface area contributed by atoms with Crippen LogP contribution >= 0.6 is 11.3 Å². The molecule has 1 aromatic carbocycles. The number of nitrogens with zero attached hydrogens (tertiary/aromatic N) is 1. The summed E-state index contributed by atoms with van der Waals surface area (Å²) in [5.41, 5.74) is 3.07. The Bertz CT molecular complexity index is 1010. The highest BCUT2D eigenvalue weighted by Crippen LogP contribution is 2.19. The van der Waals surface area contributed by atoms with Crippen molar-refractivity contribution in [2.45, 2.75) is 26.8 Å². The Hall–Kier alpha value is -2.90. The van der Waals surface area contributed by atoms with E-state index in [0.29, 0.717) is 16.9 Å². The van der Waals surface area contributed by atoms with E-state index in [2.05, 4.69) is 21.3 Å². The predicted octanol–water partition coefficient (Wildman–Crippen LogP) is 3.39. The lowest BCUT2D eigenvalue weighted by Crippen LogP contribution is -2.26. The fourth-order valence-corrected chi connectivity index (χ4v) is 4.03. The fourth-order valence-electron chi connectivity index (χ4n) is 3.33. The van der Waals surface area contributed by atoms with Crippen molar-refractivity contribution < 1.29 is 19.4 Å². The molecule has 0 atom stereocenters. The summed E-state index contributed by atoms with van der Waals surface area (Å²) in [6, 6.07) is 12.7. The highest BCUT2D eigenvalue weighted by molar-refractivity contribution is 7.09. The van der Waals surface area contributed by atoms with Crippen molar-refractivity contribution in [1.29, 1.82) is 0 Å². The van der Waals surface area contributed by atoms with Crippen LogP contribution in [0, 0.1) is 13.8 Å². The molecular weight excluding hydrogens is 400 g/mol. The van der Waals surface area contributed by atoms with E-state index in [-0.39, 0.29) is 31.4 Å². The second kappa shape index (κ2) is 10.2. The lowest BCUT2D eigenvalue weighted by molar-refractivity contribution is 0.0920. The highest BCUT2D eigenvalue weighted by atomic mass is 32.1. The first-order chi connectivity index (χ1) is 14.5. The summed E-state index contributed by atoms with van der Waals surface area (Å²) in [4.78, 5) is 26.1. The van der Waals surface area contributed by atoms with E-state index in [1.54, 1.807) is 35.6 Å². The van der Waals surface area contributed by atoms with E-state index in [9.17, 15) is 9.59 Å². The molecule has 0 saturated heterocycles. The van der Waals surface area contributed by atoms with Gasteiger partial charge >= 0.3 is 0 Å². The number of carbonyl (C=O) groups is 2. The van der Waals surface area contributed by atoms with E-state index in [0.717, 1.165) is 24.4 Å². The fraction of sp³-hybridized carbons (Fsp3) is 0.304. The number of Topliss-reactive ketones (excluding diaryl/α,β-unsaturated/α-hetero) is 1. The molecule has 0 unspecified atom stereocenters. The number of aromatic nitrogens is 1. The van der Waals surface area contributed by atoms with Crippen molar-refractivity contribution in [1.82, 2.24) is 9.88 Å². The lowest BCUT2D eigenvalue weighted by Gasteiger charge is -2.10. The van der Waals surface area contributed by atoms with Crippen LogP contribution in [0.2, 0.25) is 0 Å². The molecule has 0 saturated carbocycles. The molecule has 0 aliphatic rings. The number of hydrogen-bond acceptors (Lipinski definition) is 5. The largest absolute Gasteiger partial charge is 0.485 e. The molecule has 158 valence electrons. The molecule has 0 aliphatic carbocycles. The Labute approximate surface area is 180 Å². The molecule has 0 spiro atoms. The minimum atomic E-state index is -0.296. The highest BCUT2D eigenvalue weighted by Gasteiger charge is 2.17. The molecule has 3 rings (SSSR count). The number of carbonyl (C=O) groups excluding carboxylic acids is 2. The zero-order valence-corrected chi connectivity index (χ0v) is 18.0. The van der Waals surface area contributed by atoms with Crippen molar-refractivity contribution in [3.05, 3.63) is 75.2 Å². The second-order valence-electron chi connectivity index (χ2n) is 6.98. The maximum absolute atomic E-state index is 12.8. The number of ether oxygens (including phenoxy) is 1. The van der Waals surface area contributed by atoms with Gasteiger partial charge in [-0.1, -0.05) is 12.1 Å². The summed E-state index contributed by atoms with van der Waals surface area (Å²) < 4.78 is 7.82. The number of rotatable bonds is 10. The third kappa shape index (κ3) is 5.37. The van der Waals surface area contributed by atoms with Gasteiger partial charge in [0.1, 0.15) is 5.75 Å². The van der Waals surface area contributed by atoms with Crippen LogP contribution in [-0.2, 0) is 13.0 Å². The first-order valence-electron chi connectivity index (χ1n) is 9.84. The first kappa shape index (κ1) is 21.8. The molecule has 0 aliphatic heterocycles. The van der Waals surface area contributed by atoms with Gasteiger partial charge in [-0.05, 0) is 56.0 Å². The number of aliphatic hydroxyl groups excluding tert-OH is 1. The van der Waals surface area contributed by atoms with Crippen LogP contribution in [0.15, 0.2) is 47.8 Å². The molecule has 6 nitrogen and oxygen atoms in total. The number of nitrogens with one attached hydrogen (secondary N) is 1. The molecular formula is C23H26N2O4S. The van der Waals surface area contributed by atoms with Crippen LogP contribution < -0.4 is 10.1 Å². The predicted molar refractivity (Wildman–Crippen MR) is 118 cm³/mol. The van der Waals surface area contributed by atoms with E-state index in [4.69, 9.17) is 9.84 Å². The molecule has 0 radical (unpaired) electrons. The van der Waals surface area contributed by atoms with Crippen LogP contribution in [0.1, 0.15) is 37.0 Å². The smallest absolute Gasteiger partial charge is 0.251 e. The lowest BCUT2D eigenvalue weighted by atomic mass is 10.1. The molecule has 0 bridgehead atoms. The number of thiophene rings is 1. The standard InChI is InChI=1S/C23H26N2O4S/c1-16-13-21(17(2)25(16)10-8-20-7-4-12-30-20)22(27)15-29-19-6-3-5-18(14-19)23(28)24-9-11-26/h3-7,12-14,26H,8-11,15H2,1-2H3,(H,24,28). The third-order valence-corrected chi connectivity index (χ3v) is 5.84. The second-order valence-corrected chi connectivity index (χ2v) is 8.02. The van der Waals surface area contributed by atoms with Crippen molar-refractivity contribution in [3.8, 4) is 5.75 Å². The molecule has 30 heavy (non-hydrogen) atoms. The van der Waals surface area contributed by atoms with Crippen molar-refractivity contribution in [2.75, 3.05) is 19.8 Å². The molecule has 3 aromatic rings. The SMILES string of the molecule is Cc1cc(C(=O)COc2cccc(C(=O)NCCO)c2)c(C)n1CCc1cccs1. The van der Waals surface area contributed by atoms with Gasteiger partial charge in [-0.25, -0.2) is 0 Å². The summed E-state index contributed by atoms with van der Waals surface area (Å²) in [5.74, 6) is 0.0576. The van der Waals surface area contributed by atoms with Gasteiger partial charge < -0.3 is 19.7 Å². The summed E-state index contributed by atoms with van der Waals surface area (Å²) in [7, 11) is 0. The zero-order chi connectivity index (χ0) is 21.5. The van der Waals surface area contributed by atoms with Crippen LogP contribution in [0.5, 0.6) is 5.75 Å². The third-order valence-electron chi connectivity index (χ3n) is 4.90. The number of hydrogen-bond donors (Lipinski definition) is 2. The number of benzene rings is 1. The Morgan fingerprint density at radius 1 is 1.17 bits per heavy atom. The Kier molecular flexibility index (Phi) is 7.43. The van der Waals surface area contributed by atoms with Gasteiger partial charge in [-0.3, -0.25) is 9.59 Å². The minimum Gasteiger partial charge on any atom is -0.485 e. The normalized spacial score (nSPS) is 10.8. The van der Waals surface area contributed by atoms with Gasteiger partial charge in [0.05, 0.1) is 6.61 Å². The van der Waals surface area contributed by atoms with Gasteiger partial charge in [0, 0.05) is 40.5 Å². The van der Waals surface area contributed by atoms with Crippen LogP contribution in [0.3, 0.4) is 0 Å². The van der Waals surface area contributed by atoms with E-state index in [1.807, 2.05) is 26.0 Å². The van der Waals surface area contributed by atoms with E-state index >= 15 is 0 Å². The molecule has 2 aromatic heterocycles. The molecule has 2 N–H and O–H groups in total. The van der Waals surface area contributed by atoms with E-state index < -0.39 is 0 Å². The summed E-state index contributed by atoms with van der Waals surface area (Å²) in [6.45, 7) is 4.76. The number of aryl methyl sites for hydroxylation is 2. The summed E-state index contributed by atoms with van der Waals surface area (Å²) in [5, 5.41) is 13.5. The molecule has 0 fully saturated rings. The first-order valence-corrected chi connectivity index (χ1v) is 10.7. The van der Waals surface area contributed by atoms with Crippen molar-refractivity contribution in [3.63, 3.8) is 0 Å². The maximum Gasteiger partial charge on any atom is 0.251 e. The average molecular weight is 427 g/mol. The Morgan fingerprint density at radius 2 is 2.00 bits per heavy atom. The summed E-state index contributed by atoms with van der Waals surface area (Å²) in [6.07, 6.45) is 0.934. The Balaban J connectivity index is 1.62. The van der Waals surface area contributed by atoms with E-state index in [1.165, 1.54) is 4.88 Å². The molecule has 2 heterocycles. The number of amides is 1. The monoisotopic (exact) mass is 426 g/mol. The van der Waals surface area contributed by atoms with Gasteiger partial charge in [0.2, 0.25) is 5.78 Å². The van der Waals surface area contributed by atoms with Gasteiger partial charge in [-0.2, -0.15) is 0 Å². The quantitative estimate of drug-likeness (QED) is 0.487. The van der Waals surface area contributed by atoms with Crippen molar-refractivity contribution in [2.24, 2.45) is 0 Å². The summed E-state index contributed by atoms with van der Waals surface area (Å²) >= 11 is 1.74. The zero-order valence-electron chi connectivity index (χ0n) is 17.2. The molecule has 7 heteroatoms. The van der Waals surface area contributed by atoms with Crippen LogP contribution in [0.25, 0.3) is 0 Å². The van der Waals surface area contributed by atoms with Crippen LogP contribution in [-0.4, -0.2) is 41.1 Å². The maximum atomic E-state index is 12.8. The number of aliphatic hydroxyl groups is 1. The van der Waals surface area contributed by atoms with Crippen molar-refractivity contribution >= 4 is 23.0 Å². The minimum absolute atomic E-state index is 0.0967. The van der Waals surface area contributed by atoms with Gasteiger partial charge in [0.25, 0.3) is 5.91 Å². The topological polar surface area (TPSA) is 80.6 Å². The molecule has 1 amide bonds. The Morgan fingerprint density at radius 3 is 2.73 bits per heavy atom.